The second-order valence-corrected chi connectivity index (χ2v) is 3.79. The molecule has 0 aliphatic rings. The van der Waals surface area contributed by atoms with Crippen LogP contribution in [0.25, 0.3) is 10.8 Å². The molecule has 1 aromatic carbocycles. The zero-order valence-electron chi connectivity index (χ0n) is 9.81. The van der Waals surface area contributed by atoms with Gasteiger partial charge in [-0.3, -0.25) is 4.98 Å². The van der Waals surface area contributed by atoms with E-state index in [-0.39, 0.29) is 12.0 Å². The minimum atomic E-state index is -0.384. The molecule has 0 radical (unpaired) electrons. The smallest absolute Gasteiger partial charge is 0.327 e. The molecule has 1 heterocycles. The number of anilines is 1. The molecule has 4 heteroatoms. The summed E-state index contributed by atoms with van der Waals surface area (Å²) < 4.78 is 4.68. The monoisotopic (exact) mass is 230 g/mol. The molecule has 0 fully saturated rings. The topological polar surface area (TPSA) is 51.2 Å². The molecule has 17 heavy (non-hydrogen) atoms. The quantitative estimate of drug-likeness (QED) is 0.821. The number of nitrogens with zero attached hydrogens (tertiary/aromatic N) is 1. The second-order valence-electron chi connectivity index (χ2n) is 3.79. The molecule has 0 spiro atoms. The second kappa shape index (κ2) is 4.82. The molecule has 88 valence electrons. The summed E-state index contributed by atoms with van der Waals surface area (Å²) in [6, 6.07) is 7.41. The summed E-state index contributed by atoms with van der Waals surface area (Å²) in [5.41, 5.74) is 0.883. The third kappa shape index (κ3) is 2.36. The van der Waals surface area contributed by atoms with Gasteiger partial charge < -0.3 is 10.1 Å². The molecule has 0 saturated heterocycles. The molecule has 1 N–H and O–H groups in total. The number of rotatable bonds is 3. The predicted octanol–water partition coefficient (Wildman–Crippen LogP) is 2.21. The maximum atomic E-state index is 11.4. The van der Waals surface area contributed by atoms with Crippen molar-refractivity contribution in [1.82, 2.24) is 4.98 Å². The highest BCUT2D eigenvalue weighted by Gasteiger charge is 2.13. The molecule has 4 nitrogen and oxygen atoms in total. The van der Waals surface area contributed by atoms with Gasteiger partial charge in [0.15, 0.2) is 0 Å². The first-order valence-electron chi connectivity index (χ1n) is 5.39. The third-order valence-corrected chi connectivity index (χ3v) is 2.61. The van der Waals surface area contributed by atoms with E-state index in [2.05, 4.69) is 15.0 Å². The van der Waals surface area contributed by atoms with Gasteiger partial charge in [0.2, 0.25) is 0 Å². The lowest BCUT2D eigenvalue weighted by molar-refractivity contribution is -0.141. The lowest BCUT2D eigenvalue weighted by atomic mass is 10.1. The fourth-order valence-corrected chi connectivity index (χ4v) is 1.71. The summed E-state index contributed by atoms with van der Waals surface area (Å²) in [6.07, 6.45) is 3.53. The van der Waals surface area contributed by atoms with Crippen LogP contribution in [0.5, 0.6) is 0 Å². The molecule has 0 bridgehead atoms. The Kier molecular flexibility index (Phi) is 3.23. The predicted molar refractivity (Wildman–Crippen MR) is 66.8 cm³/mol. The van der Waals surface area contributed by atoms with Crippen LogP contribution in [-0.4, -0.2) is 24.1 Å². The minimum Gasteiger partial charge on any atom is -0.467 e. The largest absolute Gasteiger partial charge is 0.467 e. The van der Waals surface area contributed by atoms with E-state index in [1.165, 1.54) is 7.11 Å². The lowest BCUT2D eigenvalue weighted by Gasteiger charge is -2.14. The van der Waals surface area contributed by atoms with Gasteiger partial charge in [0.05, 0.1) is 7.11 Å². The van der Waals surface area contributed by atoms with Gasteiger partial charge in [0.1, 0.15) is 6.04 Å². The van der Waals surface area contributed by atoms with E-state index in [9.17, 15) is 4.79 Å². The van der Waals surface area contributed by atoms with E-state index in [4.69, 9.17) is 0 Å². The fourth-order valence-electron chi connectivity index (χ4n) is 1.71. The number of methoxy groups -OCH3 is 1. The number of fused-ring (bicyclic) bond motifs is 1. The van der Waals surface area contributed by atoms with E-state index in [0.717, 1.165) is 16.5 Å². The SMILES string of the molecule is COC(=O)C(C)Nc1cccc2ccncc12. The normalized spacial score (nSPS) is 12.1. The summed E-state index contributed by atoms with van der Waals surface area (Å²) >= 11 is 0. The Balaban J connectivity index is 2.33. The van der Waals surface area contributed by atoms with Crippen LogP contribution < -0.4 is 5.32 Å². The molecule has 1 atom stereocenters. The van der Waals surface area contributed by atoms with Crippen molar-refractivity contribution < 1.29 is 9.53 Å². The number of carbonyl (C=O) groups excluding carboxylic acids is 1. The number of ether oxygens (including phenoxy) is 1. The van der Waals surface area contributed by atoms with Gasteiger partial charge in [-0.05, 0) is 24.4 Å². The number of nitrogens with one attached hydrogen (secondary N) is 1. The zero-order valence-corrected chi connectivity index (χ0v) is 9.81. The summed E-state index contributed by atoms with van der Waals surface area (Å²) in [4.78, 5) is 15.4. The number of hydrogen-bond donors (Lipinski definition) is 1. The van der Waals surface area contributed by atoms with Crippen molar-refractivity contribution in [3.05, 3.63) is 36.7 Å². The van der Waals surface area contributed by atoms with E-state index in [1.54, 1.807) is 19.3 Å². The summed E-state index contributed by atoms with van der Waals surface area (Å²) in [7, 11) is 1.38. The Bertz CT molecular complexity index is 534. The lowest BCUT2D eigenvalue weighted by Crippen LogP contribution is -2.27. The number of esters is 1. The fraction of sp³-hybridized carbons (Fsp3) is 0.231. The molecule has 1 aromatic heterocycles. The van der Waals surface area contributed by atoms with Crippen LogP contribution in [0, 0.1) is 0 Å². The first kappa shape index (κ1) is 11.4. The Morgan fingerprint density at radius 3 is 3.00 bits per heavy atom. The Morgan fingerprint density at radius 1 is 1.41 bits per heavy atom. The summed E-state index contributed by atoms with van der Waals surface area (Å²) in [6.45, 7) is 1.76. The van der Waals surface area contributed by atoms with Crippen LogP contribution in [0.3, 0.4) is 0 Å². The van der Waals surface area contributed by atoms with E-state index < -0.39 is 0 Å². The number of benzene rings is 1. The molecule has 2 rings (SSSR count). The average molecular weight is 230 g/mol. The van der Waals surface area contributed by atoms with Crippen LogP contribution in [-0.2, 0) is 9.53 Å². The van der Waals surface area contributed by atoms with Crippen molar-refractivity contribution in [3.8, 4) is 0 Å². The summed E-state index contributed by atoms with van der Waals surface area (Å²) in [5, 5.41) is 5.20. The molecular weight excluding hydrogens is 216 g/mol. The maximum absolute atomic E-state index is 11.4. The number of aromatic nitrogens is 1. The van der Waals surface area contributed by atoms with Crippen molar-refractivity contribution in [2.24, 2.45) is 0 Å². The highest BCUT2D eigenvalue weighted by atomic mass is 16.5. The van der Waals surface area contributed by atoms with Crippen LogP contribution in [0.1, 0.15) is 6.92 Å². The first-order valence-corrected chi connectivity index (χ1v) is 5.39. The van der Waals surface area contributed by atoms with Gasteiger partial charge in [-0.15, -0.1) is 0 Å². The van der Waals surface area contributed by atoms with Gasteiger partial charge >= 0.3 is 5.97 Å². The van der Waals surface area contributed by atoms with Crippen molar-refractivity contribution in [2.75, 3.05) is 12.4 Å². The van der Waals surface area contributed by atoms with Crippen LogP contribution in [0.2, 0.25) is 0 Å². The van der Waals surface area contributed by atoms with Crippen molar-refractivity contribution in [1.29, 1.82) is 0 Å². The van der Waals surface area contributed by atoms with E-state index in [0.29, 0.717) is 0 Å². The Labute approximate surface area is 99.6 Å². The standard InChI is InChI=1S/C13H14N2O2/c1-9(13(16)17-2)15-12-5-3-4-10-6-7-14-8-11(10)12/h3-9,15H,1-2H3. The van der Waals surface area contributed by atoms with Gasteiger partial charge in [-0.2, -0.15) is 0 Å². The summed E-state index contributed by atoms with van der Waals surface area (Å²) in [5.74, 6) is -0.286. The molecule has 0 saturated carbocycles. The maximum Gasteiger partial charge on any atom is 0.327 e. The van der Waals surface area contributed by atoms with Crippen molar-refractivity contribution >= 4 is 22.4 Å². The molecule has 0 aliphatic heterocycles. The van der Waals surface area contributed by atoms with E-state index in [1.807, 2.05) is 24.3 Å². The number of hydrogen-bond acceptors (Lipinski definition) is 4. The van der Waals surface area contributed by atoms with Gasteiger partial charge in [0.25, 0.3) is 0 Å². The van der Waals surface area contributed by atoms with Gasteiger partial charge in [-0.1, -0.05) is 12.1 Å². The van der Waals surface area contributed by atoms with Gasteiger partial charge in [-0.25, -0.2) is 4.79 Å². The van der Waals surface area contributed by atoms with Crippen molar-refractivity contribution in [3.63, 3.8) is 0 Å². The molecule has 0 aliphatic carbocycles. The Morgan fingerprint density at radius 2 is 2.24 bits per heavy atom. The van der Waals surface area contributed by atoms with Crippen LogP contribution >= 0.6 is 0 Å². The first-order chi connectivity index (χ1) is 8.22. The highest BCUT2D eigenvalue weighted by Crippen LogP contribution is 2.22. The van der Waals surface area contributed by atoms with Crippen LogP contribution in [0.15, 0.2) is 36.7 Å². The molecule has 1 unspecified atom stereocenters. The highest BCUT2D eigenvalue weighted by molar-refractivity contribution is 5.94. The zero-order chi connectivity index (χ0) is 12.3. The minimum absolute atomic E-state index is 0.286. The van der Waals surface area contributed by atoms with Crippen molar-refractivity contribution in [2.45, 2.75) is 13.0 Å². The van der Waals surface area contributed by atoms with Gasteiger partial charge in [0, 0.05) is 23.5 Å². The molecule has 0 amide bonds. The Hall–Kier alpha value is -2.10. The third-order valence-electron chi connectivity index (χ3n) is 2.61. The number of pyridine rings is 1. The average Bonchev–Trinajstić information content (AvgIpc) is 2.38. The molecule has 2 aromatic rings. The number of carbonyl (C=O) groups is 1. The van der Waals surface area contributed by atoms with E-state index >= 15 is 0 Å². The van der Waals surface area contributed by atoms with Crippen LogP contribution in [0.4, 0.5) is 5.69 Å². The molecular formula is C13H14N2O2.